The van der Waals surface area contributed by atoms with E-state index in [0.717, 1.165) is 48.7 Å². The van der Waals surface area contributed by atoms with Crippen LogP contribution in [0.5, 0.6) is 0 Å². The number of nitrogens with zero attached hydrogens (tertiary/aromatic N) is 3. The van der Waals surface area contributed by atoms with Gasteiger partial charge in [0.1, 0.15) is 0 Å². The van der Waals surface area contributed by atoms with E-state index in [4.69, 9.17) is 16.3 Å². The number of esters is 1. The molecule has 0 amide bonds. The molecule has 0 spiro atoms. The first kappa shape index (κ1) is 23.1. The molecule has 2 heterocycles. The molecule has 6 heteroatoms. The second-order valence-electron chi connectivity index (χ2n) is 8.05. The quantitative estimate of drug-likeness (QED) is 0.390. The zero-order chi connectivity index (χ0) is 23.6. The second kappa shape index (κ2) is 9.44. The third-order valence-electron chi connectivity index (χ3n) is 6.53. The monoisotopic (exact) mass is 463 g/mol. The Morgan fingerprint density at radius 1 is 0.788 bits per heavy atom. The highest BCUT2D eigenvalue weighted by atomic mass is 35.5. The van der Waals surface area contributed by atoms with E-state index in [1.165, 1.54) is 6.20 Å². The first-order chi connectivity index (χ1) is 16.0. The first-order valence-corrected chi connectivity index (χ1v) is 12.0. The van der Waals surface area contributed by atoms with Gasteiger partial charge in [-0.25, -0.2) is 4.79 Å². The van der Waals surface area contributed by atoms with Gasteiger partial charge in [-0.3, -0.25) is 4.98 Å². The lowest BCUT2D eigenvalue weighted by Crippen LogP contribution is -2.30. The summed E-state index contributed by atoms with van der Waals surface area (Å²) in [5, 5.41) is 0.305. The SMILES string of the molecule is CCN(CC)c1ccc(C2(c3ccc(N(CC)CC)cc3)OC(=O)c3c(Cl)cncc32)cc1. The molecule has 2 aromatic carbocycles. The highest BCUT2D eigenvalue weighted by Gasteiger charge is 2.50. The number of pyridine rings is 1. The third-order valence-corrected chi connectivity index (χ3v) is 6.82. The normalized spacial score (nSPS) is 14.0. The van der Waals surface area contributed by atoms with E-state index in [1.807, 2.05) is 24.3 Å². The summed E-state index contributed by atoms with van der Waals surface area (Å²) in [4.78, 5) is 21.9. The molecule has 1 aromatic heterocycles. The maximum absolute atomic E-state index is 13.0. The van der Waals surface area contributed by atoms with Crippen LogP contribution in [0.15, 0.2) is 60.9 Å². The van der Waals surface area contributed by atoms with Gasteiger partial charge in [0.05, 0.1) is 10.6 Å². The number of fused-ring (bicyclic) bond motifs is 1. The van der Waals surface area contributed by atoms with Gasteiger partial charge in [0.2, 0.25) is 0 Å². The standard InChI is InChI=1S/C27H30ClN3O2/c1-5-30(6-2)21-13-9-19(10-14-21)27(20-11-15-22(16-12-20)31(7-3)8-4)23-17-29-18-24(28)25(23)26(32)33-27/h9-18H,5-8H2,1-4H3. The Balaban J connectivity index is 1.89. The smallest absolute Gasteiger partial charge is 0.341 e. The Kier molecular flexibility index (Phi) is 6.61. The molecule has 5 nitrogen and oxygen atoms in total. The fraction of sp³-hybridized carbons (Fsp3) is 0.333. The summed E-state index contributed by atoms with van der Waals surface area (Å²) >= 11 is 6.40. The number of hydrogen-bond donors (Lipinski definition) is 0. The molecule has 33 heavy (non-hydrogen) atoms. The van der Waals surface area contributed by atoms with E-state index in [-0.39, 0.29) is 0 Å². The van der Waals surface area contributed by atoms with Crippen molar-refractivity contribution < 1.29 is 9.53 Å². The molecule has 0 bridgehead atoms. The predicted octanol–water partition coefficient (Wildman–Crippen LogP) is 5.89. The molecule has 4 rings (SSSR count). The predicted molar refractivity (Wildman–Crippen MR) is 135 cm³/mol. The number of halogens is 1. The van der Waals surface area contributed by atoms with Crippen molar-refractivity contribution in [1.82, 2.24) is 4.98 Å². The Bertz CT molecular complexity index is 1070. The third kappa shape index (κ3) is 3.84. The largest absolute Gasteiger partial charge is 0.440 e. The Hall–Kier alpha value is -3.05. The number of carbonyl (C=O) groups is 1. The van der Waals surface area contributed by atoms with Crippen molar-refractivity contribution in [3.63, 3.8) is 0 Å². The number of cyclic esters (lactones) is 1. The van der Waals surface area contributed by atoms with Crippen molar-refractivity contribution in [2.24, 2.45) is 0 Å². The minimum Gasteiger partial charge on any atom is -0.440 e. The van der Waals surface area contributed by atoms with Crippen molar-refractivity contribution in [2.45, 2.75) is 33.3 Å². The van der Waals surface area contributed by atoms with E-state index in [0.29, 0.717) is 16.1 Å². The molecule has 1 aliphatic heterocycles. The second-order valence-corrected chi connectivity index (χ2v) is 8.46. The minimum absolute atomic E-state index is 0.305. The number of anilines is 2. The highest BCUT2D eigenvalue weighted by Crippen LogP contribution is 2.48. The number of aromatic nitrogens is 1. The number of rotatable bonds is 8. The van der Waals surface area contributed by atoms with Crippen molar-refractivity contribution in [2.75, 3.05) is 36.0 Å². The van der Waals surface area contributed by atoms with Gasteiger partial charge in [-0.2, -0.15) is 0 Å². The number of ether oxygens (including phenoxy) is 1. The summed E-state index contributed by atoms with van der Waals surface area (Å²) in [6, 6.07) is 16.5. The Morgan fingerprint density at radius 2 is 1.24 bits per heavy atom. The van der Waals surface area contributed by atoms with E-state index in [1.54, 1.807) is 6.20 Å². The average molecular weight is 464 g/mol. The Morgan fingerprint density at radius 3 is 1.67 bits per heavy atom. The van der Waals surface area contributed by atoms with Crippen LogP contribution in [0.4, 0.5) is 11.4 Å². The van der Waals surface area contributed by atoms with Gasteiger partial charge in [-0.15, -0.1) is 0 Å². The number of hydrogen-bond acceptors (Lipinski definition) is 5. The summed E-state index contributed by atoms with van der Waals surface area (Å²) in [5.41, 5.74) is 3.94. The van der Waals surface area contributed by atoms with E-state index in [9.17, 15) is 4.79 Å². The summed E-state index contributed by atoms with van der Waals surface area (Å²) in [7, 11) is 0. The van der Waals surface area contributed by atoms with E-state index >= 15 is 0 Å². The highest BCUT2D eigenvalue weighted by molar-refractivity contribution is 6.34. The summed E-state index contributed by atoms with van der Waals surface area (Å²) in [5.74, 6) is -0.432. The fourth-order valence-electron chi connectivity index (χ4n) is 4.74. The maximum Gasteiger partial charge on any atom is 0.341 e. The zero-order valence-corrected chi connectivity index (χ0v) is 20.4. The van der Waals surface area contributed by atoms with Gasteiger partial charge in [0.15, 0.2) is 5.60 Å². The molecular weight excluding hydrogens is 434 g/mol. The lowest BCUT2D eigenvalue weighted by molar-refractivity contribution is 0.0251. The van der Waals surface area contributed by atoms with Crippen LogP contribution >= 0.6 is 11.6 Å². The van der Waals surface area contributed by atoms with Crippen LogP contribution in [-0.2, 0) is 10.3 Å². The van der Waals surface area contributed by atoms with Crippen LogP contribution in [0.25, 0.3) is 0 Å². The molecule has 0 unspecified atom stereocenters. The molecule has 0 N–H and O–H groups in total. The molecule has 0 aliphatic carbocycles. The van der Waals surface area contributed by atoms with Crippen LogP contribution in [0, 0.1) is 0 Å². The van der Waals surface area contributed by atoms with Gasteiger partial charge in [0, 0.05) is 66.6 Å². The van der Waals surface area contributed by atoms with Crippen LogP contribution in [0.3, 0.4) is 0 Å². The molecule has 0 saturated carbocycles. The van der Waals surface area contributed by atoms with Crippen LogP contribution < -0.4 is 9.80 Å². The molecule has 3 aromatic rings. The lowest BCUT2D eigenvalue weighted by Gasteiger charge is -2.31. The molecule has 0 fully saturated rings. The molecule has 0 atom stereocenters. The first-order valence-electron chi connectivity index (χ1n) is 11.6. The molecular formula is C27H30ClN3O2. The summed E-state index contributed by atoms with van der Waals surface area (Å²) in [6.45, 7) is 12.2. The van der Waals surface area contributed by atoms with Gasteiger partial charge >= 0.3 is 5.97 Å². The van der Waals surface area contributed by atoms with Crippen molar-refractivity contribution in [3.05, 3.63) is 88.2 Å². The maximum atomic E-state index is 13.0. The van der Waals surface area contributed by atoms with Crippen LogP contribution in [0.2, 0.25) is 5.02 Å². The summed E-state index contributed by atoms with van der Waals surface area (Å²) < 4.78 is 6.19. The van der Waals surface area contributed by atoms with Gasteiger partial charge in [-0.05, 0) is 52.0 Å². The molecule has 1 aliphatic rings. The number of benzene rings is 2. The molecule has 0 saturated heterocycles. The molecule has 172 valence electrons. The van der Waals surface area contributed by atoms with Crippen LogP contribution in [0.1, 0.15) is 54.7 Å². The van der Waals surface area contributed by atoms with Gasteiger partial charge in [0.25, 0.3) is 0 Å². The molecule has 0 radical (unpaired) electrons. The van der Waals surface area contributed by atoms with E-state index in [2.05, 4.69) is 66.7 Å². The van der Waals surface area contributed by atoms with Crippen LogP contribution in [-0.4, -0.2) is 37.1 Å². The minimum atomic E-state index is -1.10. The fourth-order valence-corrected chi connectivity index (χ4v) is 4.98. The van der Waals surface area contributed by atoms with Crippen molar-refractivity contribution in [3.8, 4) is 0 Å². The van der Waals surface area contributed by atoms with E-state index < -0.39 is 11.6 Å². The topological polar surface area (TPSA) is 45.7 Å². The van der Waals surface area contributed by atoms with Crippen molar-refractivity contribution >= 4 is 28.9 Å². The lowest BCUT2D eigenvalue weighted by atomic mass is 9.80. The zero-order valence-electron chi connectivity index (χ0n) is 19.6. The number of carbonyl (C=O) groups excluding carboxylic acids is 1. The van der Waals surface area contributed by atoms with Gasteiger partial charge in [-0.1, -0.05) is 35.9 Å². The summed E-state index contributed by atoms with van der Waals surface area (Å²) in [6.07, 6.45) is 3.19. The van der Waals surface area contributed by atoms with Gasteiger partial charge < -0.3 is 14.5 Å². The van der Waals surface area contributed by atoms with Crippen molar-refractivity contribution in [1.29, 1.82) is 0 Å². The Labute approximate surface area is 201 Å². The average Bonchev–Trinajstić information content (AvgIpc) is 3.16.